The van der Waals surface area contributed by atoms with Crippen LogP contribution in [0.3, 0.4) is 0 Å². The molecule has 157 valence electrons. The van der Waals surface area contributed by atoms with Crippen molar-refractivity contribution in [1.29, 1.82) is 0 Å². The zero-order valence-electron chi connectivity index (χ0n) is 19.0. The zero-order chi connectivity index (χ0) is 21.4. The Balaban J connectivity index is 1.79. The lowest BCUT2D eigenvalue weighted by Crippen LogP contribution is -2.39. The second-order valence-electron chi connectivity index (χ2n) is 10.8. The molecule has 2 aliphatic rings. The van der Waals surface area contributed by atoms with Crippen molar-refractivity contribution < 1.29 is 9.22 Å². The average molecular weight is 410 g/mol. The van der Waals surface area contributed by atoms with Gasteiger partial charge in [0.05, 0.1) is 5.60 Å². The van der Waals surface area contributed by atoms with Crippen molar-refractivity contribution in [2.24, 2.45) is 28.6 Å². The molecular weight excluding hydrogens is 372 g/mol. The molecule has 0 bridgehead atoms. The van der Waals surface area contributed by atoms with Gasteiger partial charge in [-0.25, -0.2) is 0 Å². The normalized spacial score (nSPS) is 30.9. The molecule has 3 heteroatoms. The van der Waals surface area contributed by atoms with Crippen molar-refractivity contribution in [3.05, 3.63) is 41.5 Å². The number of benzene rings is 1. The number of rotatable bonds is 5. The Hall–Kier alpha value is -1.19. The number of allylic oxidation sites excluding steroid dienone is 1. The van der Waals surface area contributed by atoms with E-state index in [4.69, 9.17) is 4.43 Å². The van der Waals surface area contributed by atoms with E-state index in [2.05, 4.69) is 88.4 Å². The smallest absolute Gasteiger partial charge is 0.247 e. The van der Waals surface area contributed by atoms with E-state index in [1.165, 1.54) is 24.0 Å². The fourth-order valence-corrected chi connectivity index (χ4v) is 6.24. The van der Waals surface area contributed by atoms with Crippen molar-refractivity contribution in [3.8, 4) is 0 Å². The fourth-order valence-electron chi connectivity index (χ4n) is 5.81. The van der Waals surface area contributed by atoms with Crippen LogP contribution in [-0.4, -0.2) is 16.3 Å². The summed E-state index contributed by atoms with van der Waals surface area (Å²) in [4.78, 5) is 12.4. The maximum absolute atomic E-state index is 12.4. The van der Waals surface area contributed by atoms with Crippen LogP contribution in [0.2, 0.25) is 0 Å². The van der Waals surface area contributed by atoms with Crippen molar-refractivity contribution >= 4 is 22.3 Å². The van der Waals surface area contributed by atoms with Gasteiger partial charge in [-0.15, -0.1) is 0 Å². The van der Waals surface area contributed by atoms with Gasteiger partial charge in [0.1, 0.15) is 5.78 Å². The van der Waals surface area contributed by atoms with E-state index in [1.54, 1.807) is 0 Å². The van der Waals surface area contributed by atoms with E-state index in [9.17, 15) is 4.79 Å². The van der Waals surface area contributed by atoms with Gasteiger partial charge in [-0.1, -0.05) is 65.0 Å². The van der Waals surface area contributed by atoms with Crippen molar-refractivity contribution in [1.82, 2.24) is 0 Å². The molecule has 5 atom stereocenters. The first-order valence-electron chi connectivity index (χ1n) is 11.2. The molecule has 0 spiro atoms. The van der Waals surface area contributed by atoms with E-state index in [0.29, 0.717) is 23.5 Å². The number of fused-ring (bicyclic) bond motifs is 1. The lowest BCUT2D eigenvalue weighted by atomic mass is 9.62. The van der Waals surface area contributed by atoms with Gasteiger partial charge in [0.25, 0.3) is 0 Å². The van der Waals surface area contributed by atoms with Gasteiger partial charge < -0.3 is 4.43 Å². The molecule has 0 amide bonds. The average Bonchev–Trinajstić information content (AvgIpc) is 3.03. The Morgan fingerprint density at radius 3 is 2.62 bits per heavy atom. The lowest BCUT2D eigenvalue weighted by Gasteiger charge is -2.42. The molecule has 2 unspecified atom stereocenters. The minimum atomic E-state index is -0.423. The molecular formula is C26H37O2Si. The predicted molar refractivity (Wildman–Crippen MR) is 121 cm³/mol. The number of ketones is 1. The minimum Gasteiger partial charge on any atom is -0.409 e. The molecule has 2 fully saturated rings. The van der Waals surface area contributed by atoms with Gasteiger partial charge in [0, 0.05) is 12.3 Å². The number of carbonyl (C=O) groups excluding carboxylic acids is 1. The summed E-state index contributed by atoms with van der Waals surface area (Å²) in [7, 11) is 3.33. The van der Waals surface area contributed by atoms with E-state index in [0.717, 1.165) is 19.3 Å². The first kappa shape index (κ1) is 22.5. The number of hydrogen-bond acceptors (Lipinski definition) is 2. The molecule has 29 heavy (non-hydrogen) atoms. The highest BCUT2D eigenvalue weighted by molar-refractivity contribution is 5.98. The molecule has 1 aromatic rings. The summed E-state index contributed by atoms with van der Waals surface area (Å²) in [5.41, 5.74) is 2.09. The predicted octanol–water partition coefficient (Wildman–Crippen LogP) is 6.48. The van der Waals surface area contributed by atoms with Crippen LogP contribution in [0.1, 0.15) is 84.8 Å². The van der Waals surface area contributed by atoms with E-state index < -0.39 is 5.60 Å². The minimum absolute atomic E-state index is 0.0502. The molecule has 2 saturated carbocycles. The van der Waals surface area contributed by atoms with Crippen molar-refractivity contribution in [2.45, 2.75) is 79.2 Å². The monoisotopic (exact) mass is 409 g/mol. The van der Waals surface area contributed by atoms with Gasteiger partial charge in [0.2, 0.25) is 10.5 Å². The second kappa shape index (κ2) is 8.15. The number of carbonyl (C=O) groups is 1. The molecule has 1 aromatic carbocycles. The maximum Gasteiger partial charge on any atom is 0.247 e. The Bertz CT molecular complexity index is 777. The molecule has 3 rings (SSSR count). The lowest BCUT2D eigenvalue weighted by molar-refractivity contribution is -0.129. The molecule has 0 aliphatic heterocycles. The third kappa shape index (κ3) is 4.05. The fraction of sp³-hybridized carbons (Fsp3) is 0.654. The highest BCUT2D eigenvalue weighted by Gasteiger charge is 2.51. The summed E-state index contributed by atoms with van der Waals surface area (Å²) in [5, 5.41) is 0. The van der Waals surface area contributed by atoms with Crippen LogP contribution in [-0.2, 0) is 14.8 Å². The molecule has 0 N–H and O–H groups in total. The molecule has 3 radical (unpaired) electrons. The Morgan fingerprint density at radius 1 is 1.24 bits per heavy atom. The summed E-state index contributed by atoms with van der Waals surface area (Å²) in [6, 6.07) is 8.65. The Kier molecular flexibility index (Phi) is 6.32. The van der Waals surface area contributed by atoms with Crippen LogP contribution in [0.4, 0.5) is 0 Å². The summed E-state index contributed by atoms with van der Waals surface area (Å²) in [6.07, 6.45) is 9.95. The van der Waals surface area contributed by atoms with Crippen LogP contribution in [0.5, 0.6) is 0 Å². The molecule has 0 aromatic heterocycles. The molecule has 0 heterocycles. The van der Waals surface area contributed by atoms with Gasteiger partial charge >= 0.3 is 0 Å². The maximum atomic E-state index is 12.4. The largest absolute Gasteiger partial charge is 0.409 e. The Morgan fingerprint density at radius 2 is 1.97 bits per heavy atom. The van der Waals surface area contributed by atoms with Crippen LogP contribution < -0.4 is 0 Å². The standard InChI is InChI=1S/C26H37O2Si/c1-18(21-14-15-22-23(27)11-8-16-25(21,22)5)12-13-19-9-7-10-20(17-19)26(6,28-29)24(2,3)4/h7,9-10,12-13,17-18,21-22H,8,11,14-16H2,1-6H3/t18-,21-,22?,25-,26?/m1/s1. The van der Waals surface area contributed by atoms with Gasteiger partial charge in [-0.3, -0.25) is 4.79 Å². The summed E-state index contributed by atoms with van der Waals surface area (Å²) in [5.74, 6) is 1.88. The molecule has 0 saturated heterocycles. The highest BCUT2D eigenvalue weighted by Crippen LogP contribution is 2.56. The first-order chi connectivity index (χ1) is 13.5. The second-order valence-corrected chi connectivity index (χ2v) is 11.0. The molecule has 2 nitrogen and oxygen atoms in total. The first-order valence-corrected chi connectivity index (χ1v) is 11.6. The molecule has 2 aliphatic carbocycles. The van der Waals surface area contributed by atoms with Gasteiger partial charge in [-0.2, -0.15) is 0 Å². The highest BCUT2D eigenvalue weighted by atomic mass is 28.2. The van der Waals surface area contributed by atoms with Gasteiger partial charge in [-0.05, 0) is 72.5 Å². The summed E-state index contributed by atoms with van der Waals surface area (Å²) < 4.78 is 5.78. The van der Waals surface area contributed by atoms with Crippen LogP contribution >= 0.6 is 0 Å². The van der Waals surface area contributed by atoms with Crippen LogP contribution in [0.25, 0.3) is 6.08 Å². The number of Topliss-reactive ketones (excluding diaryl/α,β-unsaturated/α-hetero) is 1. The van der Waals surface area contributed by atoms with Crippen LogP contribution in [0.15, 0.2) is 30.3 Å². The zero-order valence-corrected chi connectivity index (χ0v) is 20.0. The van der Waals surface area contributed by atoms with E-state index in [-0.39, 0.29) is 10.8 Å². The Labute approximate surface area is 181 Å². The van der Waals surface area contributed by atoms with E-state index in [1.807, 2.05) is 0 Å². The quantitative estimate of drug-likeness (QED) is 0.520. The van der Waals surface area contributed by atoms with E-state index >= 15 is 0 Å². The van der Waals surface area contributed by atoms with Crippen molar-refractivity contribution in [3.63, 3.8) is 0 Å². The SMILES string of the molecule is C[C@H](C=Cc1cccc(C(C)(O[Si])C(C)(C)C)c1)[C@H]1CCC2C(=O)CCC[C@@]21C. The third-order valence-corrected chi connectivity index (χ3v) is 8.64. The summed E-state index contributed by atoms with van der Waals surface area (Å²) >= 11 is 0. The van der Waals surface area contributed by atoms with Crippen molar-refractivity contribution in [2.75, 3.05) is 0 Å². The number of hydrogen-bond donors (Lipinski definition) is 0. The third-order valence-electron chi connectivity index (χ3n) is 8.24. The topological polar surface area (TPSA) is 26.3 Å². The summed E-state index contributed by atoms with van der Waals surface area (Å²) in [6.45, 7) is 13.4. The van der Waals surface area contributed by atoms with Gasteiger partial charge in [0.15, 0.2) is 0 Å². The van der Waals surface area contributed by atoms with Crippen LogP contribution in [0, 0.1) is 28.6 Å².